The Bertz CT molecular complexity index is 641. The van der Waals surface area contributed by atoms with E-state index in [0.29, 0.717) is 0 Å². The lowest BCUT2D eigenvalue weighted by atomic mass is 10.0. The standard InChI is InChI=1S/C14H8ClF3O/c15-10-6-8(4-5-11(10)16)13(19)7-9-2-1-3-12(17)14(9)18/h1-6H,7H2. The van der Waals surface area contributed by atoms with E-state index >= 15 is 0 Å². The van der Waals surface area contributed by atoms with Gasteiger partial charge in [0.15, 0.2) is 17.4 Å². The van der Waals surface area contributed by atoms with E-state index in [2.05, 4.69) is 0 Å². The summed E-state index contributed by atoms with van der Waals surface area (Å²) in [5.41, 5.74) is 0.0977. The molecule has 98 valence electrons. The average molecular weight is 285 g/mol. The zero-order chi connectivity index (χ0) is 14.0. The van der Waals surface area contributed by atoms with Gasteiger partial charge in [0, 0.05) is 12.0 Å². The number of carbonyl (C=O) groups is 1. The van der Waals surface area contributed by atoms with Crippen LogP contribution in [0, 0.1) is 17.5 Å². The van der Waals surface area contributed by atoms with Crippen LogP contribution in [0.2, 0.25) is 5.02 Å². The van der Waals surface area contributed by atoms with Crippen molar-refractivity contribution in [2.24, 2.45) is 0 Å². The normalized spacial score (nSPS) is 10.5. The van der Waals surface area contributed by atoms with E-state index in [-0.39, 0.29) is 22.6 Å². The highest BCUT2D eigenvalue weighted by molar-refractivity contribution is 6.31. The quantitative estimate of drug-likeness (QED) is 0.773. The van der Waals surface area contributed by atoms with E-state index in [1.807, 2.05) is 0 Å². The third-order valence-electron chi connectivity index (χ3n) is 2.62. The van der Waals surface area contributed by atoms with Gasteiger partial charge >= 0.3 is 0 Å². The molecule has 0 fully saturated rings. The van der Waals surface area contributed by atoms with Crippen LogP contribution in [-0.2, 0) is 6.42 Å². The van der Waals surface area contributed by atoms with Crippen LogP contribution in [0.4, 0.5) is 13.2 Å². The van der Waals surface area contributed by atoms with Gasteiger partial charge in [-0.25, -0.2) is 13.2 Å². The molecule has 0 aliphatic carbocycles. The molecular formula is C14H8ClF3O. The van der Waals surface area contributed by atoms with Crippen molar-refractivity contribution in [3.63, 3.8) is 0 Å². The summed E-state index contributed by atoms with van der Waals surface area (Å²) in [4.78, 5) is 11.9. The fourth-order valence-electron chi connectivity index (χ4n) is 1.63. The molecule has 1 nitrogen and oxygen atoms in total. The predicted octanol–water partition coefficient (Wildman–Crippen LogP) is 4.18. The Balaban J connectivity index is 2.26. The zero-order valence-electron chi connectivity index (χ0n) is 9.59. The fourth-order valence-corrected chi connectivity index (χ4v) is 1.81. The summed E-state index contributed by atoms with van der Waals surface area (Å²) in [6.07, 6.45) is -0.314. The molecule has 0 bridgehead atoms. The lowest BCUT2D eigenvalue weighted by molar-refractivity contribution is 0.0991. The summed E-state index contributed by atoms with van der Waals surface area (Å²) < 4.78 is 39.4. The van der Waals surface area contributed by atoms with Crippen LogP contribution in [0.5, 0.6) is 0 Å². The molecule has 0 atom stereocenters. The molecule has 0 saturated carbocycles. The van der Waals surface area contributed by atoms with E-state index in [1.165, 1.54) is 18.2 Å². The molecular weight excluding hydrogens is 277 g/mol. The van der Waals surface area contributed by atoms with Gasteiger partial charge in [-0.2, -0.15) is 0 Å². The van der Waals surface area contributed by atoms with E-state index in [9.17, 15) is 18.0 Å². The first-order chi connectivity index (χ1) is 8.99. The Labute approximate surface area is 112 Å². The molecule has 19 heavy (non-hydrogen) atoms. The Kier molecular flexibility index (Phi) is 3.90. The number of benzene rings is 2. The molecule has 2 aromatic carbocycles. The van der Waals surface area contributed by atoms with Gasteiger partial charge in [0.05, 0.1) is 5.02 Å². The Morgan fingerprint density at radius 1 is 1.05 bits per heavy atom. The summed E-state index contributed by atoms with van der Waals surface area (Å²) in [6.45, 7) is 0. The molecule has 2 aromatic rings. The maximum absolute atomic E-state index is 13.4. The third-order valence-corrected chi connectivity index (χ3v) is 2.91. The van der Waals surface area contributed by atoms with Crippen LogP contribution in [0.15, 0.2) is 36.4 Å². The minimum atomic E-state index is -1.05. The second-order valence-electron chi connectivity index (χ2n) is 3.94. The topological polar surface area (TPSA) is 17.1 Å². The van der Waals surface area contributed by atoms with Gasteiger partial charge in [-0.3, -0.25) is 4.79 Å². The number of Topliss-reactive ketones (excluding diaryl/α,β-unsaturated/α-hetero) is 1. The Hall–Kier alpha value is -1.81. The van der Waals surface area contributed by atoms with Gasteiger partial charge < -0.3 is 0 Å². The van der Waals surface area contributed by atoms with Crippen molar-refractivity contribution < 1.29 is 18.0 Å². The Morgan fingerprint density at radius 3 is 2.47 bits per heavy atom. The molecule has 0 radical (unpaired) electrons. The molecule has 0 unspecified atom stereocenters. The highest BCUT2D eigenvalue weighted by Gasteiger charge is 2.14. The molecule has 0 amide bonds. The number of ketones is 1. The highest BCUT2D eigenvalue weighted by atomic mass is 35.5. The van der Waals surface area contributed by atoms with Crippen LogP contribution in [-0.4, -0.2) is 5.78 Å². The van der Waals surface area contributed by atoms with E-state index in [4.69, 9.17) is 11.6 Å². The van der Waals surface area contributed by atoms with Crippen LogP contribution in [0.1, 0.15) is 15.9 Å². The van der Waals surface area contributed by atoms with Gasteiger partial charge in [0.2, 0.25) is 0 Å². The third kappa shape index (κ3) is 2.96. The van der Waals surface area contributed by atoms with Crippen molar-refractivity contribution in [2.75, 3.05) is 0 Å². The molecule has 5 heteroatoms. The van der Waals surface area contributed by atoms with Crippen molar-refractivity contribution in [1.29, 1.82) is 0 Å². The summed E-state index contributed by atoms with van der Waals surface area (Å²) in [6, 6.07) is 7.08. The minimum Gasteiger partial charge on any atom is -0.294 e. The van der Waals surface area contributed by atoms with Crippen molar-refractivity contribution in [3.8, 4) is 0 Å². The first-order valence-electron chi connectivity index (χ1n) is 5.40. The van der Waals surface area contributed by atoms with Gasteiger partial charge in [-0.15, -0.1) is 0 Å². The lowest BCUT2D eigenvalue weighted by Crippen LogP contribution is -2.06. The first kappa shape index (κ1) is 13.6. The predicted molar refractivity (Wildman–Crippen MR) is 65.8 cm³/mol. The number of carbonyl (C=O) groups excluding carboxylic acids is 1. The van der Waals surface area contributed by atoms with E-state index in [0.717, 1.165) is 18.2 Å². The van der Waals surface area contributed by atoms with Gasteiger partial charge in [0.1, 0.15) is 5.82 Å². The summed E-state index contributed by atoms with van der Waals surface area (Å²) >= 11 is 5.56. The van der Waals surface area contributed by atoms with E-state index in [1.54, 1.807) is 0 Å². The second kappa shape index (κ2) is 5.45. The van der Waals surface area contributed by atoms with Gasteiger partial charge in [-0.1, -0.05) is 23.7 Å². The largest absolute Gasteiger partial charge is 0.294 e. The zero-order valence-corrected chi connectivity index (χ0v) is 10.3. The molecule has 0 aliphatic heterocycles. The maximum atomic E-state index is 13.4. The second-order valence-corrected chi connectivity index (χ2v) is 4.35. The smallest absolute Gasteiger partial charge is 0.167 e. The number of hydrogen-bond donors (Lipinski definition) is 0. The van der Waals surface area contributed by atoms with Gasteiger partial charge in [-0.05, 0) is 29.8 Å². The SMILES string of the molecule is O=C(Cc1cccc(F)c1F)c1ccc(F)c(Cl)c1. The van der Waals surface area contributed by atoms with Crippen LogP contribution < -0.4 is 0 Å². The number of rotatable bonds is 3. The highest BCUT2D eigenvalue weighted by Crippen LogP contribution is 2.19. The molecule has 2 rings (SSSR count). The van der Waals surface area contributed by atoms with E-state index < -0.39 is 23.2 Å². The number of hydrogen-bond acceptors (Lipinski definition) is 1. The first-order valence-corrected chi connectivity index (χ1v) is 5.78. The van der Waals surface area contributed by atoms with Crippen molar-refractivity contribution >= 4 is 17.4 Å². The fraction of sp³-hybridized carbons (Fsp3) is 0.0714. The Morgan fingerprint density at radius 2 is 1.79 bits per heavy atom. The molecule has 0 heterocycles. The lowest BCUT2D eigenvalue weighted by Gasteiger charge is -2.04. The summed E-state index contributed by atoms with van der Waals surface area (Å²) in [5.74, 6) is -3.17. The molecule has 0 aromatic heterocycles. The molecule has 0 spiro atoms. The van der Waals surface area contributed by atoms with Gasteiger partial charge in [0.25, 0.3) is 0 Å². The molecule has 0 N–H and O–H groups in total. The van der Waals surface area contributed by atoms with Crippen LogP contribution in [0.25, 0.3) is 0 Å². The monoisotopic (exact) mass is 284 g/mol. The number of halogens is 4. The molecule has 0 aliphatic rings. The summed E-state index contributed by atoms with van der Waals surface area (Å²) in [7, 11) is 0. The summed E-state index contributed by atoms with van der Waals surface area (Å²) in [5, 5.41) is -0.189. The maximum Gasteiger partial charge on any atom is 0.167 e. The molecule has 0 saturated heterocycles. The van der Waals surface area contributed by atoms with Crippen molar-refractivity contribution in [1.82, 2.24) is 0 Å². The van der Waals surface area contributed by atoms with Crippen LogP contribution >= 0.6 is 11.6 Å². The van der Waals surface area contributed by atoms with Crippen molar-refractivity contribution in [3.05, 3.63) is 70.0 Å². The average Bonchev–Trinajstić information content (AvgIpc) is 2.38. The minimum absolute atomic E-state index is 0.0505. The van der Waals surface area contributed by atoms with Crippen LogP contribution in [0.3, 0.4) is 0 Å². The van der Waals surface area contributed by atoms with Crippen molar-refractivity contribution in [2.45, 2.75) is 6.42 Å².